The quantitative estimate of drug-likeness (QED) is 0.826. The van der Waals surface area contributed by atoms with E-state index in [-0.39, 0.29) is 30.7 Å². The number of alkyl halides is 2. The zero-order chi connectivity index (χ0) is 17.9. The van der Waals surface area contributed by atoms with Crippen molar-refractivity contribution in [2.75, 3.05) is 13.2 Å². The van der Waals surface area contributed by atoms with Gasteiger partial charge in [0, 0.05) is 18.4 Å². The van der Waals surface area contributed by atoms with Crippen LogP contribution in [0.1, 0.15) is 31.2 Å². The molecule has 6 heteroatoms. The van der Waals surface area contributed by atoms with Crippen LogP contribution in [0.4, 0.5) is 8.78 Å². The van der Waals surface area contributed by atoms with Gasteiger partial charge >= 0.3 is 0 Å². The predicted octanol–water partition coefficient (Wildman–Crippen LogP) is 3.50. The summed E-state index contributed by atoms with van der Waals surface area (Å²) in [6, 6.07) is 5.55. The van der Waals surface area contributed by atoms with Crippen LogP contribution in [0.3, 0.4) is 0 Å². The van der Waals surface area contributed by atoms with Crippen molar-refractivity contribution in [2.24, 2.45) is 5.92 Å². The van der Waals surface area contributed by atoms with Gasteiger partial charge < -0.3 is 14.8 Å². The van der Waals surface area contributed by atoms with E-state index in [0.717, 1.165) is 5.56 Å². The molecule has 1 saturated carbocycles. The lowest BCUT2D eigenvalue weighted by atomic mass is 9.87. The number of benzene rings is 1. The number of ether oxygens (including phenoxy) is 2. The zero-order valence-corrected chi connectivity index (χ0v) is 14.1. The van der Waals surface area contributed by atoms with E-state index in [1.54, 1.807) is 0 Å². The van der Waals surface area contributed by atoms with Crippen molar-refractivity contribution >= 4 is 5.91 Å². The Balaban J connectivity index is 1.58. The summed E-state index contributed by atoms with van der Waals surface area (Å²) in [4.78, 5) is 11.4. The molecule has 1 aromatic carbocycles. The Labute approximate surface area is 146 Å². The molecule has 4 nitrogen and oxygen atoms in total. The molecule has 1 amide bonds. The summed E-state index contributed by atoms with van der Waals surface area (Å²) >= 11 is 0. The lowest BCUT2D eigenvalue weighted by Crippen LogP contribution is -2.42. The maximum Gasteiger partial charge on any atom is 0.248 e. The standard InChI is InChI=1S/C19H23F2NO3/c1-2-17(23)22-15-10-14-4-3-5-16(18(14)25-12-15)24-11-13-6-8-19(20,21)9-7-13/h2-5,13,15H,1,6-12H2,(H,22,23). The van der Waals surface area contributed by atoms with Crippen LogP contribution in [-0.2, 0) is 11.2 Å². The van der Waals surface area contributed by atoms with E-state index >= 15 is 0 Å². The van der Waals surface area contributed by atoms with Crippen LogP contribution in [0.15, 0.2) is 30.9 Å². The normalized spacial score (nSPS) is 22.4. The number of rotatable bonds is 5. The van der Waals surface area contributed by atoms with E-state index < -0.39 is 5.92 Å². The molecule has 1 atom stereocenters. The molecule has 0 saturated heterocycles. The molecule has 0 spiro atoms. The highest BCUT2D eigenvalue weighted by Crippen LogP contribution is 2.38. The smallest absolute Gasteiger partial charge is 0.248 e. The van der Waals surface area contributed by atoms with Gasteiger partial charge in [0.15, 0.2) is 11.5 Å². The monoisotopic (exact) mass is 351 g/mol. The lowest BCUT2D eigenvalue weighted by Gasteiger charge is -2.29. The molecule has 3 rings (SSSR count). The third kappa shape index (κ3) is 4.50. The molecule has 1 unspecified atom stereocenters. The minimum absolute atomic E-state index is 0.0604. The van der Waals surface area contributed by atoms with Crippen LogP contribution in [0.25, 0.3) is 0 Å². The number of nitrogens with one attached hydrogen (secondary N) is 1. The predicted molar refractivity (Wildman–Crippen MR) is 90.2 cm³/mol. The number of amides is 1. The van der Waals surface area contributed by atoms with E-state index in [4.69, 9.17) is 9.47 Å². The summed E-state index contributed by atoms with van der Waals surface area (Å²) in [6.07, 6.45) is 2.74. The molecular formula is C19H23F2NO3. The molecule has 0 aromatic heterocycles. The molecule has 1 N–H and O–H groups in total. The Kier molecular flexibility index (Phi) is 5.25. The molecular weight excluding hydrogens is 328 g/mol. The van der Waals surface area contributed by atoms with Crippen LogP contribution in [-0.4, -0.2) is 31.1 Å². The molecule has 1 aliphatic heterocycles. The Hall–Kier alpha value is -2.11. The van der Waals surface area contributed by atoms with Gasteiger partial charge in [-0.3, -0.25) is 4.79 Å². The van der Waals surface area contributed by atoms with Crippen LogP contribution >= 0.6 is 0 Å². The highest BCUT2D eigenvalue weighted by Gasteiger charge is 2.35. The van der Waals surface area contributed by atoms with Gasteiger partial charge in [-0.15, -0.1) is 0 Å². The summed E-state index contributed by atoms with van der Waals surface area (Å²) in [5.41, 5.74) is 0.966. The van der Waals surface area contributed by atoms with Gasteiger partial charge in [-0.1, -0.05) is 18.7 Å². The minimum Gasteiger partial charge on any atom is -0.489 e. The van der Waals surface area contributed by atoms with Crippen LogP contribution in [0, 0.1) is 5.92 Å². The van der Waals surface area contributed by atoms with E-state index in [9.17, 15) is 13.6 Å². The number of carbonyl (C=O) groups is 1. The summed E-state index contributed by atoms with van der Waals surface area (Å²) in [6.45, 7) is 4.23. The highest BCUT2D eigenvalue weighted by atomic mass is 19.3. The second kappa shape index (κ2) is 7.42. The van der Waals surface area contributed by atoms with E-state index in [0.29, 0.717) is 44.0 Å². The van der Waals surface area contributed by atoms with Gasteiger partial charge in [-0.2, -0.15) is 0 Å². The first-order valence-electron chi connectivity index (χ1n) is 8.65. The Morgan fingerprint density at radius 3 is 2.88 bits per heavy atom. The Morgan fingerprint density at radius 1 is 1.40 bits per heavy atom. The van der Waals surface area contributed by atoms with E-state index in [1.165, 1.54) is 6.08 Å². The highest BCUT2D eigenvalue weighted by molar-refractivity contribution is 5.87. The average molecular weight is 351 g/mol. The first-order chi connectivity index (χ1) is 12.0. The first kappa shape index (κ1) is 17.7. The number of hydrogen-bond donors (Lipinski definition) is 1. The summed E-state index contributed by atoms with van der Waals surface area (Å²) in [5.74, 6) is -1.26. The largest absolute Gasteiger partial charge is 0.489 e. The fraction of sp³-hybridized carbons (Fsp3) is 0.526. The van der Waals surface area contributed by atoms with E-state index in [1.807, 2.05) is 18.2 Å². The molecule has 136 valence electrons. The fourth-order valence-corrected chi connectivity index (χ4v) is 3.33. The van der Waals surface area contributed by atoms with Crippen molar-refractivity contribution < 1.29 is 23.0 Å². The Morgan fingerprint density at radius 2 is 2.16 bits per heavy atom. The van der Waals surface area contributed by atoms with Crippen molar-refractivity contribution in [2.45, 2.75) is 44.1 Å². The van der Waals surface area contributed by atoms with Crippen molar-refractivity contribution in [3.05, 3.63) is 36.4 Å². The second-order valence-corrected chi connectivity index (χ2v) is 6.78. The third-order valence-corrected chi connectivity index (χ3v) is 4.80. The number of hydrogen-bond acceptors (Lipinski definition) is 3. The molecule has 0 bridgehead atoms. The zero-order valence-electron chi connectivity index (χ0n) is 14.1. The van der Waals surface area contributed by atoms with Gasteiger partial charge in [0.1, 0.15) is 6.61 Å². The fourth-order valence-electron chi connectivity index (χ4n) is 3.33. The molecule has 1 fully saturated rings. The minimum atomic E-state index is -2.52. The van der Waals surface area contributed by atoms with Gasteiger partial charge in [-0.25, -0.2) is 8.78 Å². The number of carbonyl (C=O) groups excluding carboxylic acids is 1. The molecule has 0 radical (unpaired) electrons. The van der Waals surface area contributed by atoms with Gasteiger partial charge in [-0.05, 0) is 37.3 Å². The lowest BCUT2D eigenvalue weighted by molar-refractivity contribution is -0.117. The molecule has 2 aliphatic rings. The topological polar surface area (TPSA) is 47.6 Å². The van der Waals surface area contributed by atoms with Crippen molar-refractivity contribution in [3.63, 3.8) is 0 Å². The molecule has 1 aliphatic carbocycles. The van der Waals surface area contributed by atoms with Gasteiger partial charge in [0.25, 0.3) is 0 Å². The third-order valence-electron chi connectivity index (χ3n) is 4.80. The van der Waals surface area contributed by atoms with E-state index in [2.05, 4.69) is 11.9 Å². The maximum absolute atomic E-state index is 13.2. The van der Waals surface area contributed by atoms with Gasteiger partial charge in [0.05, 0.1) is 12.6 Å². The number of fused-ring (bicyclic) bond motifs is 1. The molecule has 1 heterocycles. The Bertz CT molecular complexity index is 638. The summed E-state index contributed by atoms with van der Waals surface area (Å²) in [7, 11) is 0. The van der Waals surface area contributed by atoms with Crippen LogP contribution < -0.4 is 14.8 Å². The maximum atomic E-state index is 13.2. The number of para-hydroxylation sites is 1. The summed E-state index contributed by atoms with van der Waals surface area (Å²) < 4.78 is 38.1. The molecule has 25 heavy (non-hydrogen) atoms. The van der Waals surface area contributed by atoms with Crippen LogP contribution in [0.2, 0.25) is 0 Å². The average Bonchev–Trinajstić information content (AvgIpc) is 2.60. The van der Waals surface area contributed by atoms with Gasteiger partial charge in [0.2, 0.25) is 11.8 Å². The first-order valence-corrected chi connectivity index (χ1v) is 8.65. The summed E-state index contributed by atoms with van der Waals surface area (Å²) in [5, 5.41) is 2.83. The van der Waals surface area contributed by atoms with Crippen molar-refractivity contribution in [1.29, 1.82) is 0 Å². The number of halogens is 2. The SMILES string of the molecule is C=CC(=O)NC1COc2c(cccc2OCC2CCC(F)(F)CC2)C1. The van der Waals surface area contributed by atoms with Crippen LogP contribution in [0.5, 0.6) is 11.5 Å². The van der Waals surface area contributed by atoms with Crippen molar-refractivity contribution in [3.8, 4) is 11.5 Å². The molecule has 1 aromatic rings. The van der Waals surface area contributed by atoms with Crippen molar-refractivity contribution in [1.82, 2.24) is 5.32 Å². The second-order valence-electron chi connectivity index (χ2n) is 6.78.